The molecule has 5 heteroatoms. The van der Waals surface area contributed by atoms with Crippen LogP contribution in [0.2, 0.25) is 5.02 Å². The van der Waals surface area contributed by atoms with Crippen LogP contribution in [-0.2, 0) is 0 Å². The summed E-state index contributed by atoms with van der Waals surface area (Å²) in [4.78, 5) is 4.29. The predicted octanol–water partition coefficient (Wildman–Crippen LogP) is 3.02. The number of rotatable bonds is 2. The zero-order valence-electron chi connectivity index (χ0n) is 11.1. The molecule has 1 fully saturated rings. The summed E-state index contributed by atoms with van der Waals surface area (Å²) in [6, 6.07) is 6.19. The molecule has 0 unspecified atom stereocenters. The zero-order valence-corrected chi connectivity index (χ0v) is 13.8. The maximum atomic E-state index is 6.43. The molecule has 2 aromatic heterocycles. The molecule has 1 saturated carbocycles. The number of hydrogen-bond donors (Lipinski definition) is 0. The first kappa shape index (κ1) is 13.2. The van der Waals surface area contributed by atoms with Gasteiger partial charge in [-0.25, -0.2) is 0 Å². The molecule has 4 rings (SSSR count). The Morgan fingerprint density at radius 3 is 2.67 bits per heavy atom. The molecule has 1 aromatic carbocycles. The first-order valence-corrected chi connectivity index (χ1v) is 8.13. The standard InChI is InChI=1S/C16H11AsClN3/c17-16-5-11-3-10(4-15(18)14(11)6-19-16)13-8-21-20-7-12(13)9-1-2-9/h3-9H,1-2H2. The minimum atomic E-state index is 0.626. The summed E-state index contributed by atoms with van der Waals surface area (Å²) >= 11 is 8.89. The Balaban J connectivity index is 1.94. The number of fused-ring (bicyclic) bond motifs is 1. The molecule has 1 aliphatic carbocycles. The van der Waals surface area contributed by atoms with Gasteiger partial charge in [0, 0.05) is 0 Å². The number of aromatic nitrogens is 3. The normalized spacial score (nSPS) is 14.6. The van der Waals surface area contributed by atoms with Crippen molar-refractivity contribution in [3.63, 3.8) is 0 Å². The first-order valence-electron chi connectivity index (χ1n) is 6.81. The molecule has 0 bridgehead atoms. The minimum absolute atomic E-state index is 0.626. The molecular formula is C16H11AsClN3. The van der Waals surface area contributed by atoms with E-state index < -0.39 is 0 Å². The van der Waals surface area contributed by atoms with Gasteiger partial charge in [-0.1, -0.05) is 0 Å². The number of halogens is 1. The van der Waals surface area contributed by atoms with Gasteiger partial charge in [-0.3, -0.25) is 0 Å². The van der Waals surface area contributed by atoms with Gasteiger partial charge in [0.2, 0.25) is 0 Å². The molecule has 102 valence electrons. The van der Waals surface area contributed by atoms with Crippen molar-refractivity contribution in [3.8, 4) is 11.1 Å². The molecular weight excluding hydrogens is 345 g/mol. The van der Waals surface area contributed by atoms with E-state index >= 15 is 0 Å². The Morgan fingerprint density at radius 1 is 1.05 bits per heavy atom. The molecule has 21 heavy (non-hydrogen) atoms. The predicted molar refractivity (Wildman–Crippen MR) is 85.1 cm³/mol. The van der Waals surface area contributed by atoms with Gasteiger partial charge in [-0.05, 0) is 0 Å². The third-order valence-electron chi connectivity index (χ3n) is 3.86. The average molecular weight is 356 g/mol. The van der Waals surface area contributed by atoms with Gasteiger partial charge in [-0.2, -0.15) is 0 Å². The molecule has 1 aliphatic rings. The monoisotopic (exact) mass is 355 g/mol. The summed E-state index contributed by atoms with van der Waals surface area (Å²) in [5.41, 5.74) is 3.52. The van der Waals surface area contributed by atoms with Crippen LogP contribution in [0.15, 0.2) is 36.8 Å². The van der Waals surface area contributed by atoms with Gasteiger partial charge < -0.3 is 0 Å². The van der Waals surface area contributed by atoms with E-state index in [0.717, 1.165) is 31.4 Å². The average Bonchev–Trinajstić information content (AvgIpc) is 3.31. The number of hydrogen-bond acceptors (Lipinski definition) is 3. The second-order valence-corrected chi connectivity index (χ2v) is 6.72. The van der Waals surface area contributed by atoms with Crippen molar-refractivity contribution in [2.45, 2.75) is 18.8 Å². The number of benzene rings is 1. The van der Waals surface area contributed by atoms with Gasteiger partial charge in [0.25, 0.3) is 0 Å². The van der Waals surface area contributed by atoms with Crippen molar-refractivity contribution in [1.82, 2.24) is 15.2 Å². The fourth-order valence-electron chi connectivity index (χ4n) is 2.65. The molecule has 0 saturated heterocycles. The van der Waals surface area contributed by atoms with Gasteiger partial charge in [-0.15, -0.1) is 0 Å². The number of pyridine rings is 1. The van der Waals surface area contributed by atoms with Crippen LogP contribution in [0.25, 0.3) is 21.9 Å². The van der Waals surface area contributed by atoms with Crippen LogP contribution in [0.1, 0.15) is 24.3 Å². The van der Waals surface area contributed by atoms with Crippen LogP contribution in [-0.4, -0.2) is 32.0 Å². The Morgan fingerprint density at radius 2 is 1.86 bits per heavy atom. The van der Waals surface area contributed by atoms with Gasteiger partial charge >= 0.3 is 136 Å². The van der Waals surface area contributed by atoms with Gasteiger partial charge in [0.15, 0.2) is 0 Å². The SMILES string of the molecule is Clc1cc(-c2cnncc2C2CC2)cc2cc([As])ncc12. The van der Waals surface area contributed by atoms with E-state index in [1.807, 2.05) is 30.7 Å². The van der Waals surface area contributed by atoms with E-state index in [2.05, 4.69) is 38.1 Å². The van der Waals surface area contributed by atoms with Gasteiger partial charge in [0.1, 0.15) is 0 Å². The molecule has 0 aliphatic heterocycles. The van der Waals surface area contributed by atoms with E-state index in [1.54, 1.807) is 0 Å². The van der Waals surface area contributed by atoms with E-state index in [0.29, 0.717) is 5.92 Å². The van der Waals surface area contributed by atoms with Crippen molar-refractivity contribution >= 4 is 43.7 Å². The van der Waals surface area contributed by atoms with Crippen LogP contribution in [0, 0.1) is 0 Å². The summed E-state index contributed by atoms with van der Waals surface area (Å²) in [6.07, 6.45) is 8.03. The molecule has 0 N–H and O–H groups in total. The van der Waals surface area contributed by atoms with Crippen molar-refractivity contribution < 1.29 is 0 Å². The Bertz CT molecular complexity index is 846. The van der Waals surface area contributed by atoms with Crippen LogP contribution in [0.5, 0.6) is 0 Å². The third kappa shape index (κ3) is 2.45. The molecule has 0 amide bonds. The Hall–Kier alpha value is -1.44. The van der Waals surface area contributed by atoms with E-state index in [-0.39, 0.29) is 0 Å². The Labute approximate surface area is 136 Å². The van der Waals surface area contributed by atoms with Crippen molar-refractivity contribution in [2.24, 2.45) is 0 Å². The van der Waals surface area contributed by atoms with Crippen LogP contribution < -0.4 is 4.48 Å². The quantitative estimate of drug-likeness (QED) is 0.663. The molecule has 3 nitrogen and oxygen atoms in total. The molecule has 3 aromatic rings. The fraction of sp³-hybridized carbons (Fsp3) is 0.188. The Kier molecular flexibility index (Phi) is 3.20. The van der Waals surface area contributed by atoms with Crippen LogP contribution >= 0.6 is 11.6 Å². The van der Waals surface area contributed by atoms with Crippen LogP contribution in [0.4, 0.5) is 0 Å². The van der Waals surface area contributed by atoms with Crippen molar-refractivity contribution in [1.29, 1.82) is 0 Å². The fourth-order valence-corrected chi connectivity index (χ4v) is 3.34. The number of nitrogens with zero attached hydrogens (tertiary/aromatic N) is 3. The summed E-state index contributed by atoms with van der Waals surface area (Å²) in [7, 11) is 0. The zero-order chi connectivity index (χ0) is 14.4. The first-order chi connectivity index (χ1) is 10.2. The third-order valence-corrected chi connectivity index (χ3v) is 4.69. The summed E-state index contributed by atoms with van der Waals surface area (Å²) < 4.78 is 0.929. The second kappa shape index (κ2) is 5.08. The second-order valence-electron chi connectivity index (χ2n) is 5.35. The van der Waals surface area contributed by atoms with Crippen LogP contribution in [0.3, 0.4) is 0 Å². The molecule has 0 atom stereocenters. The van der Waals surface area contributed by atoms with E-state index in [1.165, 1.54) is 18.4 Å². The molecule has 2 heterocycles. The van der Waals surface area contributed by atoms with Gasteiger partial charge in [0.05, 0.1) is 0 Å². The summed E-state index contributed by atoms with van der Waals surface area (Å²) in [5.74, 6) is 0.626. The van der Waals surface area contributed by atoms with Crippen molar-refractivity contribution in [2.75, 3.05) is 0 Å². The molecule has 2 radical (unpaired) electrons. The van der Waals surface area contributed by atoms with Crippen molar-refractivity contribution in [3.05, 3.63) is 47.4 Å². The molecule has 0 spiro atoms. The summed E-state index contributed by atoms with van der Waals surface area (Å²) in [5, 5.41) is 10.9. The topological polar surface area (TPSA) is 38.7 Å². The van der Waals surface area contributed by atoms with E-state index in [9.17, 15) is 0 Å². The maximum absolute atomic E-state index is 6.43. The summed E-state index contributed by atoms with van der Waals surface area (Å²) in [6.45, 7) is 0. The van der Waals surface area contributed by atoms with E-state index in [4.69, 9.17) is 11.6 Å².